The molecule has 2 N–H and O–H groups in total. The van der Waals surface area contributed by atoms with Crippen molar-refractivity contribution in [2.24, 2.45) is 11.1 Å². The number of carbonyl (C=O) groups is 2. The standard InChI is InChI=1S/C27H38N4O5/c1-17(20-8-6-12-31(20)2)36-23-15-19(21-16-34-13-14-35-21)29-26(30-23)24(28)18-7-5-11-27(25(18)33)10-4-3-9-22(27)32/h15,17,20-21H,3-14,16,28H2,1-2H3/t17-,20-,21?,27+/m0/s1. The lowest BCUT2D eigenvalue weighted by molar-refractivity contribution is -0.143. The average Bonchev–Trinajstić information content (AvgIpc) is 3.33. The van der Waals surface area contributed by atoms with Crippen molar-refractivity contribution in [3.05, 3.63) is 23.2 Å². The zero-order valence-electron chi connectivity index (χ0n) is 21.5. The van der Waals surface area contributed by atoms with Crippen LogP contribution in [0.5, 0.6) is 5.88 Å². The first-order valence-corrected chi connectivity index (χ1v) is 13.4. The number of carbonyl (C=O) groups excluding carboxylic acids is 2. The summed E-state index contributed by atoms with van der Waals surface area (Å²) in [5.41, 5.74) is 7.04. The largest absolute Gasteiger partial charge is 0.473 e. The highest BCUT2D eigenvalue weighted by molar-refractivity contribution is 6.17. The lowest BCUT2D eigenvalue weighted by Crippen LogP contribution is -2.45. The van der Waals surface area contributed by atoms with E-state index in [0.29, 0.717) is 68.7 Å². The molecule has 2 aliphatic heterocycles. The molecule has 0 bridgehead atoms. The zero-order valence-corrected chi connectivity index (χ0v) is 21.5. The molecule has 1 aromatic rings. The van der Waals surface area contributed by atoms with Gasteiger partial charge in [-0.1, -0.05) is 6.42 Å². The van der Waals surface area contributed by atoms with Crippen molar-refractivity contribution < 1.29 is 23.8 Å². The Morgan fingerprint density at radius 2 is 2.00 bits per heavy atom. The minimum absolute atomic E-state index is 0.0599. The van der Waals surface area contributed by atoms with Crippen molar-refractivity contribution >= 4 is 17.3 Å². The van der Waals surface area contributed by atoms with Gasteiger partial charge >= 0.3 is 0 Å². The first-order valence-electron chi connectivity index (χ1n) is 13.4. The van der Waals surface area contributed by atoms with Crippen LogP contribution >= 0.6 is 0 Å². The van der Waals surface area contributed by atoms with Crippen LogP contribution in [0.2, 0.25) is 0 Å². The molecule has 9 nitrogen and oxygen atoms in total. The third-order valence-corrected chi connectivity index (χ3v) is 8.39. The lowest BCUT2D eigenvalue weighted by atomic mass is 9.62. The summed E-state index contributed by atoms with van der Waals surface area (Å²) in [5, 5.41) is 0. The van der Waals surface area contributed by atoms with Crippen LogP contribution in [0.1, 0.15) is 82.3 Å². The van der Waals surface area contributed by atoms with Crippen LogP contribution < -0.4 is 10.5 Å². The summed E-state index contributed by atoms with van der Waals surface area (Å²) in [6, 6.07) is 2.09. The number of Topliss-reactive ketones (excluding diaryl/α,β-unsaturated/α-hetero) is 2. The summed E-state index contributed by atoms with van der Waals surface area (Å²) in [4.78, 5) is 38.3. The van der Waals surface area contributed by atoms with Crippen LogP contribution in [-0.4, -0.2) is 72.0 Å². The molecule has 1 spiro atoms. The van der Waals surface area contributed by atoms with Gasteiger partial charge in [0.15, 0.2) is 11.6 Å². The van der Waals surface area contributed by atoms with E-state index in [1.165, 1.54) is 0 Å². The lowest BCUT2D eigenvalue weighted by Gasteiger charge is -2.38. The van der Waals surface area contributed by atoms with Crippen LogP contribution in [0.4, 0.5) is 0 Å². The van der Waals surface area contributed by atoms with Crippen molar-refractivity contribution in [3.63, 3.8) is 0 Å². The first kappa shape index (κ1) is 25.3. The van der Waals surface area contributed by atoms with Gasteiger partial charge in [-0.05, 0) is 65.5 Å². The summed E-state index contributed by atoms with van der Waals surface area (Å²) < 4.78 is 17.8. The smallest absolute Gasteiger partial charge is 0.217 e. The number of nitrogens with two attached hydrogens (primary N) is 1. The molecule has 1 unspecified atom stereocenters. The highest BCUT2D eigenvalue weighted by atomic mass is 16.6. The molecule has 5 rings (SSSR count). The Hall–Kier alpha value is -2.36. The topological polar surface area (TPSA) is 117 Å². The fourth-order valence-corrected chi connectivity index (χ4v) is 6.32. The number of hydrogen-bond acceptors (Lipinski definition) is 9. The van der Waals surface area contributed by atoms with Gasteiger partial charge in [-0.25, -0.2) is 4.98 Å². The molecule has 2 aliphatic carbocycles. The zero-order chi connectivity index (χ0) is 25.3. The Morgan fingerprint density at radius 1 is 1.17 bits per heavy atom. The third-order valence-electron chi connectivity index (χ3n) is 8.39. The molecule has 196 valence electrons. The van der Waals surface area contributed by atoms with E-state index in [1.54, 1.807) is 6.07 Å². The number of nitrogens with zero attached hydrogens (tertiary/aromatic N) is 3. The number of ketones is 2. The number of hydrogen-bond donors (Lipinski definition) is 1. The van der Waals surface area contributed by atoms with Crippen LogP contribution in [0.25, 0.3) is 5.70 Å². The molecule has 4 aliphatic rings. The number of allylic oxidation sites excluding steroid dienone is 1. The maximum absolute atomic E-state index is 13.7. The van der Waals surface area contributed by atoms with Gasteiger partial charge in [-0.2, -0.15) is 4.98 Å². The minimum atomic E-state index is -0.921. The number of likely N-dealkylation sites (N-methyl/N-ethyl adjacent to an activating group) is 1. The van der Waals surface area contributed by atoms with Crippen molar-refractivity contribution in [2.45, 2.75) is 83.0 Å². The van der Waals surface area contributed by atoms with Crippen molar-refractivity contribution in [2.75, 3.05) is 33.4 Å². The fourth-order valence-electron chi connectivity index (χ4n) is 6.32. The quantitative estimate of drug-likeness (QED) is 0.483. The summed E-state index contributed by atoms with van der Waals surface area (Å²) in [7, 11) is 2.11. The van der Waals surface area contributed by atoms with Crippen LogP contribution in [0.3, 0.4) is 0 Å². The molecule has 2 saturated carbocycles. The molecule has 36 heavy (non-hydrogen) atoms. The minimum Gasteiger partial charge on any atom is -0.473 e. The Bertz CT molecular complexity index is 1030. The Kier molecular flexibility index (Phi) is 7.42. The predicted molar refractivity (Wildman–Crippen MR) is 133 cm³/mol. The number of aromatic nitrogens is 2. The molecule has 1 aromatic heterocycles. The van der Waals surface area contributed by atoms with E-state index in [0.717, 1.165) is 38.6 Å². The van der Waals surface area contributed by atoms with Crippen LogP contribution in [-0.2, 0) is 19.1 Å². The molecule has 3 heterocycles. The molecule has 4 atom stereocenters. The second-order valence-corrected chi connectivity index (χ2v) is 10.7. The van der Waals surface area contributed by atoms with Crippen molar-refractivity contribution in [1.82, 2.24) is 14.9 Å². The van der Waals surface area contributed by atoms with Gasteiger partial charge in [0.25, 0.3) is 0 Å². The molecule has 0 amide bonds. The number of likely N-dealkylation sites (tertiary alicyclic amines) is 1. The SMILES string of the molecule is C[C@H](Oc1cc(C2COCCO2)nc(C(N)=C2CCC[C@@]3(CCCCC3=O)C2=O)n1)[C@@H]1CCCN1C. The molecular formula is C27H38N4O5. The van der Waals surface area contributed by atoms with E-state index in [2.05, 4.69) is 23.9 Å². The highest BCUT2D eigenvalue weighted by Crippen LogP contribution is 2.45. The van der Waals surface area contributed by atoms with Gasteiger partial charge in [0.2, 0.25) is 5.88 Å². The maximum atomic E-state index is 13.7. The Balaban J connectivity index is 1.49. The van der Waals surface area contributed by atoms with Crippen LogP contribution in [0, 0.1) is 5.41 Å². The van der Waals surface area contributed by atoms with Gasteiger partial charge < -0.3 is 19.9 Å². The van der Waals surface area contributed by atoms with Gasteiger partial charge in [-0.3, -0.25) is 14.5 Å². The number of ether oxygens (including phenoxy) is 3. The van der Waals surface area contributed by atoms with E-state index >= 15 is 0 Å². The van der Waals surface area contributed by atoms with E-state index in [1.807, 2.05) is 0 Å². The maximum Gasteiger partial charge on any atom is 0.217 e. The summed E-state index contributed by atoms with van der Waals surface area (Å²) in [6.07, 6.45) is 6.47. The highest BCUT2D eigenvalue weighted by Gasteiger charge is 2.49. The van der Waals surface area contributed by atoms with Gasteiger partial charge in [0.1, 0.15) is 18.0 Å². The first-order chi connectivity index (χ1) is 17.4. The number of rotatable bonds is 5. The monoisotopic (exact) mass is 498 g/mol. The van der Waals surface area contributed by atoms with E-state index in [4.69, 9.17) is 24.9 Å². The summed E-state index contributed by atoms with van der Waals surface area (Å²) in [5.74, 6) is 0.592. The van der Waals surface area contributed by atoms with Crippen molar-refractivity contribution in [3.8, 4) is 5.88 Å². The predicted octanol–water partition coefficient (Wildman–Crippen LogP) is 2.98. The average molecular weight is 499 g/mol. The Labute approximate surface area is 212 Å². The molecule has 0 aromatic carbocycles. The van der Waals surface area contributed by atoms with E-state index in [9.17, 15) is 9.59 Å². The normalized spacial score (nSPS) is 32.1. The van der Waals surface area contributed by atoms with Crippen molar-refractivity contribution in [1.29, 1.82) is 0 Å². The van der Waals surface area contributed by atoms with E-state index < -0.39 is 5.41 Å². The third kappa shape index (κ3) is 4.80. The second-order valence-electron chi connectivity index (χ2n) is 10.7. The Morgan fingerprint density at radius 3 is 2.72 bits per heavy atom. The summed E-state index contributed by atoms with van der Waals surface area (Å²) >= 11 is 0. The summed E-state index contributed by atoms with van der Waals surface area (Å²) in [6.45, 7) is 4.50. The van der Waals surface area contributed by atoms with Gasteiger partial charge in [-0.15, -0.1) is 0 Å². The molecule has 9 heteroatoms. The molecule has 4 fully saturated rings. The van der Waals surface area contributed by atoms with Crippen LogP contribution in [0.15, 0.2) is 11.6 Å². The molecule has 0 radical (unpaired) electrons. The van der Waals surface area contributed by atoms with Gasteiger partial charge in [0.05, 0.1) is 36.6 Å². The molecule has 2 saturated heterocycles. The second kappa shape index (κ2) is 10.6. The fraction of sp³-hybridized carbons (Fsp3) is 0.704. The van der Waals surface area contributed by atoms with Gasteiger partial charge in [0, 0.05) is 24.1 Å². The van der Waals surface area contributed by atoms with E-state index in [-0.39, 0.29) is 35.3 Å². The molecular weight excluding hydrogens is 460 g/mol.